The molecule has 0 saturated carbocycles. The van der Waals surface area contributed by atoms with Crippen molar-refractivity contribution in [3.8, 4) is 6.07 Å². The minimum absolute atomic E-state index is 0.0675. The summed E-state index contributed by atoms with van der Waals surface area (Å²) in [6.07, 6.45) is 0. The predicted molar refractivity (Wildman–Crippen MR) is 91.7 cm³/mol. The van der Waals surface area contributed by atoms with Gasteiger partial charge in [-0.25, -0.2) is 4.79 Å². The largest absolute Gasteiger partial charge is 0.325 e. The standard InChI is InChI=1S/C18H14BrN3O2/c1-18(14-7-4-8-15(19)9-14)16(23)22(17(24)21-18)11-13-6-3-2-5-12(13)10-20/h2-9H,11H2,1H3,(H,21,24)/t18-/m0/s1. The van der Waals surface area contributed by atoms with Crippen LogP contribution in [0.5, 0.6) is 0 Å². The molecule has 0 aromatic heterocycles. The van der Waals surface area contributed by atoms with E-state index < -0.39 is 11.6 Å². The average Bonchev–Trinajstić information content (AvgIpc) is 2.80. The fourth-order valence-corrected chi connectivity index (χ4v) is 3.17. The first-order chi connectivity index (χ1) is 11.5. The van der Waals surface area contributed by atoms with Gasteiger partial charge >= 0.3 is 6.03 Å². The van der Waals surface area contributed by atoms with Crippen molar-refractivity contribution in [1.29, 1.82) is 5.26 Å². The van der Waals surface area contributed by atoms with E-state index in [0.29, 0.717) is 16.7 Å². The van der Waals surface area contributed by atoms with Gasteiger partial charge in [0, 0.05) is 4.47 Å². The molecular weight excluding hydrogens is 370 g/mol. The summed E-state index contributed by atoms with van der Waals surface area (Å²) in [5.41, 5.74) is 0.671. The molecule has 1 aliphatic rings. The highest BCUT2D eigenvalue weighted by Crippen LogP contribution is 2.31. The van der Waals surface area contributed by atoms with Crippen molar-refractivity contribution >= 4 is 27.9 Å². The van der Waals surface area contributed by atoms with Crippen LogP contribution in [0.3, 0.4) is 0 Å². The highest BCUT2D eigenvalue weighted by atomic mass is 79.9. The summed E-state index contributed by atoms with van der Waals surface area (Å²) in [5, 5.41) is 11.9. The zero-order valence-corrected chi connectivity index (χ0v) is 14.5. The van der Waals surface area contributed by atoms with Crippen molar-refractivity contribution in [1.82, 2.24) is 10.2 Å². The molecule has 3 rings (SSSR count). The highest BCUT2D eigenvalue weighted by molar-refractivity contribution is 9.10. The van der Waals surface area contributed by atoms with E-state index in [4.69, 9.17) is 0 Å². The van der Waals surface area contributed by atoms with E-state index >= 15 is 0 Å². The van der Waals surface area contributed by atoms with Gasteiger partial charge < -0.3 is 5.32 Å². The van der Waals surface area contributed by atoms with Crippen LogP contribution in [-0.2, 0) is 16.9 Å². The van der Waals surface area contributed by atoms with Crippen molar-refractivity contribution in [3.05, 3.63) is 69.7 Å². The topological polar surface area (TPSA) is 73.2 Å². The Morgan fingerprint density at radius 2 is 1.96 bits per heavy atom. The van der Waals surface area contributed by atoms with Crippen molar-refractivity contribution in [2.75, 3.05) is 0 Å². The van der Waals surface area contributed by atoms with Crippen molar-refractivity contribution < 1.29 is 9.59 Å². The maximum atomic E-state index is 12.9. The molecule has 1 fully saturated rings. The zero-order valence-electron chi connectivity index (χ0n) is 12.9. The van der Waals surface area contributed by atoms with Crippen LogP contribution in [0.15, 0.2) is 53.0 Å². The fraction of sp³-hybridized carbons (Fsp3) is 0.167. The van der Waals surface area contributed by atoms with Gasteiger partial charge in [0.15, 0.2) is 0 Å². The molecule has 2 aromatic carbocycles. The summed E-state index contributed by atoms with van der Waals surface area (Å²) in [7, 11) is 0. The van der Waals surface area contributed by atoms with Gasteiger partial charge in [0.05, 0.1) is 18.2 Å². The Labute approximate surface area is 148 Å². The Kier molecular flexibility index (Phi) is 4.12. The lowest BCUT2D eigenvalue weighted by molar-refractivity contribution is -0.131. The summed E-state index contributed by atoms with van der Waals surface area (Å²) in [4.78, 5) is 26.4. The number of imide groups is 1. The molecule has 0 radical (unpaired) electrons. The summed E-state index contributed by atoms with van der Waals surface area (Å²) < 4.78 is 0.830. The highest BCUT2D eigenvalue weighted by Gasteiger charge is 2.49. The molecular formula is C18H14BrN3O2. The second-order valence-corrected chi connectivity index (χ2v) is 6.64. The molecule has 1 N–H and O–H groups in total. The zero-order chi connectivity index (χ0) is 17.3. The minimum Gasteiger partial charge on any atom is -0.319 e. The fourth-order valence-electron chi connectivity index (χ4n) is 2.77. The first kappa shape index (κ1) is 16.2. The lowest BCUT2D eigenvalue weighted by Gasteiger charge is -2.22. The van der Waals surface area contributed by atoms with Gasteiger partial charge in [-0.2, -0.15) is 5.26 Å². The molecule has 0 unspecified atom stereocenters. The number of carbonyl (C=O) groups is 2. The smallest absolute Gasteiger partial charge is 0.319 e. The molecule has 1 heterocycles. The van der Waals surface area contributed by atoms with Gasteiger partial charge in [-0.15, -0.1) is 0 Å². The molecule has 2 aromatic rings. The first-order valence-electron chi connectivity index (χ1n) is 7.34. The van der Waals surface area contributed by atoms with Gasteiger partial charge in [-0.3, -0.25) is 9.69 Å². The Hall–Kier alpha value is -2.65. The quantitative estimate of drug-likeness (QED) is 0.826. The molecule has 1 aliphatic heterocycles. The molecule has 0 spiro atoms. The summed E-state index contributed by atoms with van der Waals surface area (Å²) in [5.74, 6) is -0.335. The van der Waals surface area contributed by atoms with Gasteiger partial charge in [-0.1, -0.05) is 46.3 Å². The van der Waals surface area contributed by atoms with E-state index in [1.807, 2.05) is 18.2 Å². The molecule has 6 heteroatoms. The number of benzene rings is 2. The number of nitrogens with one attached hydrogen (secondary N) is 1. The second kappa shape index (κ2) is 6.10. The Morgan fingerprint density at radius 3 is 2.67 bits per heavy atom. The molecule has 1 saturated heterocycles. The van der Waals surface area contributed by atoms with E-state index in [1.54, 1.807) is 37.3 Å². The number of urea groups is 1. The lowest BCUT2D eigenvalue weighted by atomic mass is 9.92. The van der Waals surface area contributed by atoms with Crippen LogP contribution >= 0.6 is 15.9 Å². The van der Waals surface area contributed by atoms with Gasteiger partial charge in [0.2, 0.25) is 0 Å². The molecule has 24 heavy (non-hydrogen) atoms. The second-order valence-electron chi connectivity index (χ2n) is 5.73. The predicted octanol–water partition coefficient (Wildman–Crippen LogP) is 3.29. The van der Waals surface area contributed by atoms with E-state index in [9.17, 15) is 14.9 Å². The Bertz CT molecular complexity index is 875. The Balaban J connectivity index is 1.94. The molecule has 120 valence electrons. The van der Waals surface area contributed by atoms with Crippen molar-refractivity contribution in [2.24, 2.45) is 0 Å². The van der Waals surface area contributed by atoms with Gasteiger partial charge in [0.25, 0.3) is 5.91 Å². The van der Waals surface area contributed by atoms with Crippen LogP contribution < -0.4 is 5.32 Å². The third-order valence-corrected chi connectivity index (χ3v) is 4.64. The lowest BCUT2D eigenvalue weighted by Crippen LogP contribution is -2.40. The third-order valence-electron chi connectivity index (χ3n) is 4.14. The van der Waals surface area contributed by atoms with E-state index in [1.165, 1.54) is 0 Å². The van der Waals surface area contributed by atoms with Crippen LogP contribution in [0.25, 0.3) is 0 Å². The number of halogens is 1. The number of hydrogen-bond donors (Lipinski definition) is 1. The van der Waals surface area contributed by atoms with E-state index in [2.05, 4.69) is 27.3 Å². The molecule has 1 atom stereocenters. The normalized spacial score (nSPS) is 20.0. The van der Waals surface area contributed by atoms with E-state index in [0.717, 1.165) is 9.37 Å². The maximum absolute atomic E-state index is 12.9. The van der Waals surface area contributed by atoms with Gasteiger partial charge in [0.1, 0.15) is 5.54 Å². The number of hydrogen-bond acceptors (Lipinski definition) is 3. The van der Waals surface area contributed by atoms with Gasteiger partial charge in [-0.05, 0) is 36.2 Å². The molecule has 0 aliphatic carbocycles. The number of carbonyl (C=O) groups excluding carboxylic acids is 2. The molecule has 0 bridgehead atoms. The molecule has 5 nitrogen and oxygen atoms in total. The van der Waals surface area contributed by atoms with Crippen LogP contribution in [0.1, 0.15) is 23.6 Å². The third kappa shape index (κ3) is 2.68. The monoisotopic (exact) mass is 383 g/mol. The summed E-state index contributed by atoms with van der Waals surface area (Å²) in [6.45, 7) is 1.75. The minimum atomic E-state index is -1.12. The number of amides is 3. The number of nitrogens with zero attached hydrogens (tertiary/aromatic N) is 2. The maximum Gasteiger partial charge on any atom is 0.325 e. The summed E-state index contributed by atoms with van der Waals surface area (Å²) >= 11 is 3.38. The SMILES string of the molecule is C[C@@]1(c2cccc(Br)c2)NC(=O)N(Cc2ccccc2C#N)C1=O. The average molecular weight is 384 g/mol. The number of nitriles is 1. The Morgan fingerprint density at radius 1 is 1.21 bits per heavy atom. The van der Waals surface area contributed by atoms with Crippen LogP contribution in [0, 0.1) is 11.3 Å². The van der Waals surface area contributed by atoms with E-state index in [-0.39, 0.29) is 12.5 Å². The summed E-state index contributed by atoms with van der Waals surface area (Å²) in [6, 6.07) is 15.8. The van der Waals surface area contributed by atoms with Crippen molar-refractivity contribution in [2.45, 2.75) is 19.0 Å². The van der Waals surface area contributed by atoms with Crippen LogP contribution in [0.2, 0.25) is 0 Å². The van der Waals surface area contributed by atoms with Crippen LogP contribution in [0.4, 0.5) is 4.79 Å². The van der Waals surface area contributed by atoms with Crippen molar-refractivity contribution in [3.63, 3.8) is 0 Å². The number of rotatable bonds is 3. The first-order valence-corrected chi connectivity index (χ1v) is 8.13. The molecule has 3 amide bonds. The van der Waals surface area contributed by atoms with Crippen LogP contribution in [-0.4, -0.2) is 16.8 Å².